The number of carbonyl (C=O) groups is 4. The molecule has 12 nitrogen and oxygen atoms in total. The van der Waals surface area contributed by atoms with Crippen LogP contribution in [0.2, 0.25) is 0 Å². The van der Waals surface area contributed by atoms with Crippen LogP contribution in [0.25, 0.3) is 43.1 Å². The smallest absolute Gasteiger partial charge is 0.266 e. The molecule has 0 spiro atoms. The number of hydrogen-bond donors (Lipinski definition) is 0. The molecule has 0 aromatic heterocycles. The van der Waals surface area contributed by atoms with Gasteiger partial charge < -0.3 is 9.80 Å². The van der Waals surface area contributed by atoms with Crippen LogP contribution in [0.3, 0.4) is 0 Å². The van der Waals surface area contributed by atoms with Gasteiger partial charge in [0.1, 0.15) is 0 Å². The molecule has 4 amide bonds. The van der Waals surface area contributed by atoms with Crippen LogP contribution in [0.5, 0.6) is 0 Å². The average molecular weight is 1750 g/mol. The summed E-state index contributed by atoms with van der Waals surface area (Å²) in [6.45, 7) is 25.1. The average Bonchev–Trinajstić information content (AvgIpc) is 0.671. The Hall–Kier alpha value is -11.1. The highest BCUT2D eigenvalue weighted by Crippen LogP contribution is 2.53. The summed E-state index contributed by atoms with van der Waals surface area (Å²) in [5, 5.41) is 1.69. The number of imide groups is 2. The molecule has 128 heavy (non-hydrogen) atoms. The lowest BCUT2D eigenvalue weighted by atomic mass is 9.81. The maximum absolute atomic E-state index is 16.5. The predicted molar refractivity (Wildman–Crippen MR) is 534 cm³/mol. The Labute approximate surface area is 760 Å². The van der Waals surface area contributed by atoms with E-state index in [1.807, 2.05) is 91.8 Å². The highest BCUT2D eigenvalue weighted by atomic mass is 32.2. The number of sulfone groups is 2. The molecule has 2 aliphatic heterocycles. The first-order valence-corrected chi connectivity index (χ1v) is 51.1. The minimum atomic E-state index is -4.51. The fourth-order valence-electron chi connectivity index (χ4n) is 19.8. The molecular weight excluding hydrogens is 1620 g/mol. The van der Waals surface area contributed by atoms with Crippen molar-refractivity contribution in [2.75, 3.05) is 31.1 Å². The van der Waals surface area contributed by atoms with E-state index in [0.717, 1.165) is 119 Å². The standard InChI is InChI=1S/C114H128N4O8S2/c1-13-17-21-25-33-79-43-55-85(56-44-79)115(86-57-45-80(46-58-86)34-26-22-18-14-2)89-63-51-83(52-64-89)37-31-71-127(123,124)101-73-99-103-97(111(119)117(113(99)121)109-91(75(5)6)39-29-40-92(109)76(7)8)70-68-96-106-102(74-100-104-98(69-67-95(108(104)106)105(101)107(96)103)112(120)118(114(100)122)110-93(77(9)10)41-30-42-94(110)78(11)12)128(125,126)72-32-38-84-53-65-90(66-54-84)116(87-59-47-81(48-60-87)35-27-23-19-15-3)88-61-49-82(50-62-88)36-28-24-20-16-4/h29-30,39-70,73-78H,13-28,31-38,71-72H2,1-12H3. The van der Waals surface area contributed by atoms with Crippen LogP contribution in [-0.2, 0) is 58.2 Å². The maximum Gasteiger partial charge on any atom is 0.266 e. The van der Waals surface area contributed by atoms with Crippen LogP contribution < -0.4 is 19.6 Å². The quantitative estimate of drug-likeness (QED) is 0.0157. The van der Waals surface area contributed by atoms with Crippen molar-refractivity contribution in [3.8, 4) is 0 Å². The van der Waals surface area contributed by atoms with E-state index in [2.05, 4.69) is 183 Å². The third-order valence-corrected chi connectivity index (χ3v) is 30.4. The lowest BCUT2D eigenvalue weighted by Gasteiger charge is -2.34. The van der Waals surface area contributed by atoms with Crippen LogP contribution in [0, 0.1) is 0 Å². The van der Waals surface area contributed by atoms with Gasteiger partial charge in [-0.3, -0.25) is 19.2 Å². The molecule has 14 heteroatoms. The van der Waals surface area contributed by atoms with E-state index in [0.29, 0.717) is 24.2 Å². The highest BCUT2D eigenvalue weighted by Gasteiger charge is 2.44. The molecule has 0 saturated carbocycles. The van der Waals surface area contributed by atoms with Gasteiger partial charge in [0.2, 0.25) is 0 Å². The molecule has 0 aliphatic carbocycles. The molecule has 2 aliphatic rings. The zero-order valence-corrected chi connectivity index (χ0v) is 79.0. The molecule has 0 saturated heterocycles. The minimum Gasteiger partial charge on any atom is -0.311 e. The lowest BCUT2D eigenvalue weighted by Crippen LogP contribution is -2.42. The zero-order chi connectivity index (χ0) is 90.2. The SMILES string of the molecule is CCCCCCc1ccc(N(c2ccc(CCCCCC)cc2)c2ccc(CCCS(=O)(=O)c3cc4c5c(ccc6c7c(S(=O)(=O)CCCc8ccc(N(c9ccc(CCCCCC)cc9)c9ccc(CCCCCC)cc9)cc8)cc8c9c(ccc(c3c56)c97)C(=O)N(c3c(C(C)C)cccc3C(C)C)C8=O)C(=O)N(c3c(C(C)C)cccc3C(C)C)C4=O)cc2)cc1. The number of rotatable bonds is 42. The second-order valence-electron chi connectivity index (χ2n) is 37.3. The van der Waals surface area contributed by atoms with Gasteiger partial charge in [-0.05, 0) is 264 Å². The second kappa shape index (κ2) is 40.3. The molecule has 13 aromatic carbocycles. The van der Waals surface area contributed by atoms with E-state index < -0.39 is 43.3 Å². The molecule has 0 unspecified atom stereocenters. The molecule has 13 aromatic rings. The summed E-state index contributed by atoms with van der Waals surface area (Å²) < 4.78 is 66.0. The molecule has 15 rings (SSSR count). The van der Waals surface area contributed by atoms with Crippen molar-refractivity contribution in [1.82, 2.24) is 0 Å². The van der Waals surface area contributed by atoms with Gasteiger partial charge in [-0.1, -0.05) is 281 Å². The first kappa shape index (κ1) is 91.7. The molecule has 664 valence electrons. The Morgan fingerprint density at radius 1 is 0.258 bits per heavy atom. The maximum atomic E-state index is 16.5. The highest BCUT2D eigenvalue weighted by molar-refractivity contribution is 7.92. The number of carbonyl (C=O) groups excluding carboxylic acids is 4. The summed E-state index contributed by atoms with van der Waals surface area (Å²) in [6, 6.07) is 73.4. The Morgan fingerprint density at radius 3 is 0.727 bits per heavy atom. The number of benzene rings is 13. The second-order valence-corrected chi connectivity index (χ2v) is 41.4. The summed E-state index contributed by atoms with van der Waals surface area (Å²) in [7, 11) is -9.01. The van der Waals surface area contributed by atoms with Gasteiger partial charge in [0.25, 0.3) is 23.6 Å². The van der Waals surface area contributed by atoms with Gasteiger partial charge in [0.05, 0.1) is 43.8 Å². The Morgan fingerprint density at radius 2 is 0.492 bits per heavy atom. The van der Waals surface area contributed by atoms with Crippen LogP contribution in [0.4, 0.5) is 45.5 Å². The van der Waals surface area contributed by atoms with Crippen molar-refractivity contribution in [1.29, 1.82) is 0 Å². The number of para-hydroxylation sites is 2. The predicted octanol–water partition coefficient (Wildman–Crippen LogP) is 30.1. The molecule has 0 atom stereocenters. The van der Waals surface area contributed by atoms with Crippen molar-refractivity contribution < 1.29 is 36.0 Å². The zero-order valence-electron chi connectivity index (χ0n) is 77.4. The normalized spacial score (nSPS) is 13.2. The summed E-state index contributed by atoms with van der Waals surface area (Å²) in [6.07, 6.45) is 24.2. The van der Waals surface area contributed by atoms with Gasteiger partial charge in [0, 0.05) is 77.6 Å². The van der Waals surface area contributed by atoms with Crippen molar-refractivity contribution >= 4 is 132 Å². The Kier molecular flexibility index (Phi) is 28.9. The number of fused-ring (bicyclic) bond motifs is 2. The molecule has 2 heterocycles. The van der Waals surface area contributed by atoms with Gasteiger partial charge in [-0.2, -0.15) is 0 Å². The number of amides is 4. The van der Waals surface area contributed by atoms with Crippen molar-refractivity contribution in [3.05, 3.63) is 296 Å². The van der Waals surface area contributed by atoms with E-state index in [1.165, 1.54) is 121 Å². The molecule has 0 N–H and O–H groups in total. The van der Waals surface area contributed by atoms with Gasteiger partial charge in [-0.15, -0.1) is 0 Å². The van der Waals surface area contributed by atoms with E-state index in [4.69, 9.17) is 0 Å². The summed E-state index contributed by atoms with van der Waals surface area (Å²) in [5.41, 5.74) is 17.3. The Bertz CT molecular complexity index is 5880. The molecule has 0 radical (unpaired) electrons. The van der Waals surface area contributed by atoms with E-state index in [-0.39, 0.29) is 123 Å². The van der Waals surface area contributed by atoms with Crippen LogP contribution in [0.15, 0.2) is 228 Å². The van der Waals surface area contributed by atoms with Crippen molar-refractivity contribution in [3.63, 3.8) is 0 Å². The number of hydrogen-bond acceptors (Lipinski definition) is 10. The minimum absolute atomic E-state index is 0.0223. The van der Waals surface area contributed by atoms with E-state index in [1.54, 1.807) is 24.3 Å². The molecular formula is C114H128N4O8S2. The first-order chi connectivity index (χ1) is 61.9. The van der Waals surface area contributed by atoms with Crippen LogP contribution in [0.1, 0.15) is 319 Å². The van der Waals surface area contributed by atoms with Gasteiger partial charge >= 0.3 is 0 Å². The number of aryl methyl sites for hydroxylation is 6. The fraction of sp³-hybridized carbons (Fsp3) is 0.368. The molecule has 0 fully saturated rings. The van der Waals surface area contributed by atoms with E-state index >= 15 is 36.0 Å². The summed E-state index contributed by atoms with van der Waals surface area (Å²) in [5.74, 6) is -3.95. The van der Waals surface area contributed by atoms with Gasteiger partial charge in [-0.25, -0.2) is 26.6 Å². The van der Waals surface area contributed by atoms with Crippen LogP contribution >= 0.6 is 0 Å². The summed E-state index contributed by atoms with van der Waals surface area (Å²) >= 11 is 0. The first-order valence-electron chi connectivity index (χ1n) is 47.8. The third-order valence-electron chi connectivity index (χ3n) is 26.8. The van der Waals surface area contributed by atoms with E-state index in [9.17, 15) is 0 Å². The molecule has 0 bridgehead atoms. The summed E-state index contributed by atoms with van der Waals surface area (Å²) in [4.78, 5) is 71.5. The fourth-order valence-corrected chi connectivity index (χ4v) is 22.9. The van der Waals surface area contributed by atoms with Crippen molar-refractivity contribution in [2.24, 2.45) is 0 Å². The third kappa shape index (κ3) is 18.9. The largest absolute Gasteiger partial charge is 0.311 e. The van der Waals surface area contributed by atoms with Crippen molar-refractivity contribution in [2.45, 2.75) is 271 Å². The van der Waals surface area contributed by atoms with Gasteiger partial charge in [0.15, 0.2) is 19.7 Å². The van der Waals surface area contributed by atoms with Crippen LogP contribution in [-0.4, -0.2) is 52.0 Å². The number of unbranched alkanes of at least 4 members (excludes halogenated alkanes) is 12. The number of nitrogens with zero attached hydrogens (tertiary/aromatic N) is 4. The topological polar surface area (TPSA) is 150 Å². The Balaban J connectivity index is 0.844. The lowest BCUT2D eigenvalue weighted by molar-refractivity contribution is 0.0877. The number of anilines is 8. The monoisotopic (exact) mass is 1740 g/mol.